The number of hydrogen-bond acceptors (Lipinski definition) is 4. The third-order valence-electron chi connectivity index (χ3n) is 7.92. The van der Waals surface area contributed by atoms with E-state index in [1.54, 1.807) is 0 Å². The van der Waals surface area contributed by atoms with Crippen molar-refractivity contribution in [2.75, 3.05) is 0 Å². The minimum absolute atomic E-state index is 0.156. The van der Waals surface area contributed by atoms with Crippen LogP contribution in [0.4, 0.5) is 0 Å². The maximum absolute atomic E-state index is 13.1. The molecule has 1 atom stereocenters. The molecule has 1 unspecified atom stereocenters. The number of rotatable bonds is 34. The van der Waals surface area contributed by atoms with Crippen molar-refractivity contribution < 1.29 is 23.9 Å². The molecule has 2 N–H and O–H groups in total. The molecule has 5 heteroatoms. The van der Waals surface area contributed by atoms with Crippen molar-refractivity contribution in [2.45, 2.75) is 211 Å². The lowest BCUT2D eigenvalue weighted by molar-refractivity contribution is -0.184. The van der Waals surface area contributed by atoms with Crippen LogP contribution in [0.1, 0.15) is 204 Å². The van der Waals surface area contributed by atoms with Gasteiger partial charge in [0, 0.05) is 22.0 Å². The zero-order chi connectivity index (χ0) is 33.9. The molecule has 0 aromatic carbocycles. The number of carbonyl (C=O) groups is 2. The molecule has 0 rings (SSSR count). The van der Waals surface area contributed by atoms with Crippen molar-refractivity contribution in [2.24, 2.45) is 0 Å². The van der Waals surface area contributed by atoms with Crippen molar-refractivity contribution in [3.63, 3.8) is 0 Å². The Morgan fingerprint density at radius 2 is 0.900 bits per heavy atom. The molecule has 0 radical (unpaired) electrons. The topological polar surface area (TPSA) is 74.6 Å². The predicted octanol–water partition coefficient (Wildman–Crippen LogP) is 10.8. The average molecular weight is 592 g/mol. The summed E-state index contributed by atoms with van der Waals surface area (Å²) in [5.74, 6) is -4.97. The second-order valence-corrected chi connectivity index (χ2v) is 12.3. The van der Waals surface area contributed by atoms with Gasteiger partial charge in [0.15, 0.2) is 5.78 Å². The van der Waals surface area contributed by atoms with E-state index >= 15 is 0 Å². The molecule has 0 heterocycles. The highest BCUT2D eigenvalue weighted by Gasteiger charge is 2.41. The molecule has 0 spiro atoms. The Hall–Kier alpha value is -0.450. The van der Waals surface area contributed by atoms with Gasteiger partial charge < -0.3 is 10.2 Å². The molecule has 0 bridgehead atoms. The summed E-state index contributed by atoms with van der Waals surface area (Å²) in [6, 6.07) is 0. The quantitative estimate of drug-likeness (QED) is 0.0443. The number of halogens is 1. The second kappa shape index (κ2) is 28.7. The van der Waals surface area contributed by atoms with Gasteiger partial charge in [-0.25, -0.2) is 0 Å². The number of unbranched alkanes of at least 4 members (excludes halogenated alkanes) is 24. The number of aliphatic hydroxyl groups is 2. The van der Waals surface area contributed by atoms with Gasteiger partial charge >= 0.3 is 0 Å². The fourth-order valence-corrected chi connectivity index (χ4v) is 5.37. The molecule has 0 aromatic rings. The van der Waals surface area contributed by atoms with Gasteiger partial charge in [0.05, 0.1) is 1.37 Å². The van der Waals surface area contributed by atoms with E-state index in [4.69, 9.17) is 18.6 Å². The van der Waals surface area contributed by atoms with Crippen molar-refractivity contribution in [1.82, 2.24) is 0 Å². The van der Waals surface area contributed by atoms with Gasteiger partial charge in [-0.2, -0.15) is 0 Å². The highest BCUT2D eigenvalue weighted by molar-refractivity contribution is 6.24. The number of carbonyl (C=O) groups excluding carboxylic acids is 2. The number of Topliss-reactive ketones (excluding diaryl/α,β-unsaturated/α-hetero) is 2. The Kier molecular flexibility index (Phi) is 22.2. The highest BCUT2D eigenvalue weighted by Crippen LogP contribution is 2.23. The van der Waals surface area contributed by atoms with E-state index in [2.05, 4.69) is 24.1 Å². The first-order valence-electron chi connectivity index (χ1n) is 19.4. The number of hydrogen-bond donors (Lipinski definition) is 2. The normalized spacial score (nSPS) is 15.5. The summed E-state index contributed by atoms with van der Waals surface area (Å²) in [4.78, 5) is 25.9. The molecule has 0 fully saturated rings. The van der Waals surface area contributed by atoms with Crippen LogP contribution in [0.3, 0.4) is 0 Å². The van der Waals surface area contributed by atoms with E-state index in [0.29, 0.717) is 12.8 Å². The molecule has 0 amide bonds. The fourth-order valence-electron chi connectivity index (χ4n) is 5.16. The zero-order valence-corrected chi connectivity index (χ0v) is 27.1. The summed E-state index contributed by atoms with van der Waals surface area (Å²) < 4.78 is 40.1. The van der Waals surface area contributed by atoms with Gasteiger partial charge in [-0.05, 0) is 12.8 Å². The van der Waals surface area contributed by atoms with Crippen LogP contribution in [-0.4, -0.2) is 35.8 Å². The van der Waals surface area contributed by atoms with E-state index in [1.807, 2.05) is 0 Å². The Morgan fingerprint density at radius 1 is 0.600 bits per heavy atom. The Morgan fingerprint density at radius 3 is 1.23 bits per heavy atom. The minimum atomic E-state index is -3.13. The lowest BCUT2D eigenvalue weighted by Crippen LogP contribution is -2.47. The zero-order valence-electron chi connectivity index (χ0n) is 31.3. The largest absolute Gasteiger partial charge is 0.359 e. The van der Waals surface area contributed by atoms with E-state index in [-0.39, 0.29) is 12.8 Å². The van der Waals surface area contributed by atoms with Crippen LogP contribution < -0.4 is 0 Å². The van der Waals surface area contributed by atoms with Gasteiger partial charge in [0.2, 0.25) is 8.65 Å². The first-order valence-corrected chi connectivity index (χ1v) is 17.5. The predicted molar refractivity (Wildman–Crippen MR) is 172 cm³/mol. The standard InChI is InChI=1S/C35H67ClO4/c1-3-5-7-9-11-13-15-17-19-21-23-25-27-29-32(37)31-33(36)35(39,40)34(38)30-28-26-24-22-20-18-16-14-12-10-8-6-4-2/h33,39-40H,3-31H2,1-2H3/i31D2,33D,39D,40D. The Bertz CT molecular complexity index is 735. The number of ketones is 2. The van der Waals surface area contributed by atoms with Crippen LogP contribution in [0.5, 0.6) is 0 Å². The van der Waals surface area contributed by atoms with Gasteiger partial charge in [-0.3, -0.25) is 9.59 Å². The molecule has 0 aliphatic rings. The second-order valence-electron chi connectivity index (χ2n) is 11.9. The fraction of sp³-hybridized carbons (Fsp3) is 0.943. The minimum Gasteiger partial charge on any atom is -0.359 e. The molecule has 0 aliphatic carbocycles. The third kappa shape index (κ3) is 24.2. The lowest BCUT2D eigenvalue weighted by Gasteiger charge is -2.25. The highest BCUT2D eigenvalue weighted by atomic mass is 35.5. The van der Waals surface area contributed by atoms with Gasteiger partial charge in [0.1, 0.15) is 11.1 Å². The van der Waals surface area contributed by atoms with Crippen molar-refractivity contribution in [3.8, 4) is 0 Å². The SMILES string of the molecule is [2H]OC(O[2H])(C(=O)CCCCCCCCCCCCCCC)C([2H])(Cl)C([2H])([2H])C(=O)CCCCCCCCCCCCCCC. The lowest BCUT2D eigenvalue weighted by atomic mass is 9.96. The molecule has 4 nitrogen and oxygen atoms in total. The molecule has 0 saturated heterocycles. The third-order valence-corrected chi connectivity index (χ3v) is 8.26. The van der Waals surface area contributed by atoms with Crippen molar-refractivity contribution >= 4 is 23.2 Å². The first-order chi connectivity index (χ1) is 21.6. The van der Waals surface area contributed by atoms with Crippen LogP contribution >= 0.6 is 11.6 Å². The molecular weight excluding hydrogens is 520 g/mol. The summed E-state index contributed by atoms with van der Waals surface area (Å²) in [6.07, 6.45) is 25.8. The molecule has 238 valence electrons. The molecule has 40 heavy (non-hydrogen) atoms. The van der Waals surface area contributed by atoms with Crippen LogP contribution in [-0.2, 0) is 9.59 Å². The maximum atomic E-state index is 13.1. The van der Waals surface area contributed by atoms with Crippen LogP contribution in [0.2, 0.25) is 0 Å². The van der Waals surface area contributed by atoms with Crippen LogP contribution in [0, 0.1) is 0 Å². The summed E-state index contributed by atoms with van der Waals surface area (Å²) in [5.41, 5.74) is 0. The molecular formula is C35H67ClO4. The summed E-state index contributed by atoms with van der Waals surface area (Å²) in [6.45, 7) is 4.45. The van der Waals surface area contributed by atoms with Crippen molar-refractivity contribution in [1.29, 1.82) is 2.86 Å². The Balaban J connectivity index is 4.45. The average Bonchev–Trinajstić information content (AvgIpc) is 3.02. The first kappa shape index (κ1) is 31.0. The molecule has 0 saturated carbocycles. The van der Waals surface area contributed by atoms with Gasteiger partial charge in [0.25, 0.3) is 0 Å². The van der Waals surface area contributed by atoms with E-state index in [0.717, 1.165) is 51.4 Å². The smallest absolute Gasteiger partial charge is 0.241 e. The van der Waals surface area contributed by atoms with Crippen molar-refractivity contribution in [3.05, 3.63) is 0 Å². The monoisotopic (exact) mass is 592 g/mol. The summed E-state index contributed by atoms with van der Waals surface area (Å²) >= 11 is 6.22. The van der Waals surface area contributed by atoms with E-state index < -0.39 is 29.1 Å². The molecule has 0 aliphatic heterocycles. The van der Waals surface area contributed by atoms with E-state index in [1.165, 1.54) is 103 Å². The summed E-state index contributed by atoms with van der Waals surface area (Å²) in [7, 11) is 0. The summed E-state index contributed by atoms with van der Waals surface area (Å²) in [5, 5.41) is 5.70. The maximum Gasteiger partial charge on any atom is 0.241 e. The van der Waals surface area contributed by atoms with Crippen LogP contribution in [0.15, 0.2) is 0 Å². The Labute approximate surface area is 261 Å². The van der Waals surface area contributed by atoms with Gasteiger partial charge in [-0.15, -0.1) is 11.6 Å². The van der Waals surface area contributed by atoms with E-state index in [9.17, 15) is 9.59 Å². The number of alkyl halides is 1. The molecule has 0 aromatic heterocycles. The van der Waals surface area contributed by atoms with Gasteiger partial charge in [-0.1, -0.05) is 168 Å². The van der Waals surface area contributed by atoms with Crippen LogP contribution in [0.25, 0.3) is 0 Å².